The highest BCUT2D eigenvalue weighted by molar-refractivity contribution is 5.73. The first kappa shape index (κ1) is 30.9. The number of nitrogens with zero attached hydrogens (tertiary/aromatic N) is 3. The van der Waals surface area contributed by atoms with Crippen LogP contribution < -0.4 is 4.74 Å². The van der Waals surface area contributed by atoms with Crippen LogP contribution in [0.2, 0.25) is 0 Å². The number of halogens is 6. The van der Waals surface area contributed by atoms with Crippen molar-refractivity contribution in [2.45, 2.75) is 44.4 Å². The van der Waals surface area contributed by atoms with Crippen molar-refractivity contribution in [1.82, 2.24) is 14.5 Å². The number of fused-ring (bicyclic) bond motifs is 1. The molecule has 212 valence electrons. The van der Waals surface area contributed by atoms with Crippen molar-refractivity contribution in [2.24, 2.45) is 5.92 Å². The molecule has 2 N–H and O–H groups in total. The number of carboxylic acids is 2. The molecule has 0 radical (unpaired) electrons. The smallest absolute Gasteiger partial charge is 0.486 e. The molecule has 0 bridgehead atoms. The molecule has 4 heterocycles. The van der Waals surface area contributed by atoms with E-state index in [1.807, 2.05) is 12.1 Å². The molecule has 2 aliphatic rings. The lowest BCUT2D eigenvalue weighted by molar-refractivity contribution is -0.193. The van der Waals surface area contributed by atoms with Crippen molar-refractivity contribution in [2.75, 3.05) is 26.3 Å². The quantitative estimate of drug-likeness (QED) is 0.548. The van der Waals surface area contributed by atoms with Crippen LogP contribution in [0.15, 0.2) is 42.9 Å². The molecule has 38 heavy (non-hydrogen) atoms. The van der Waals surface area contributed by atoms with Crippen LogP contribution in [0.25, 0.3) is 0 Å². The fraction of sp³-hybridized carbons (Fsp3) is 0.522. The second kappa shape index (κ2) is 14.0. The molecule has 2 aliphatic heterocycles. The number of alkyl halides is 6. The molecule has 15 heteroatoms. The van der Waals surface area contributed by atoms with E-state index >= 15 is 0 Å². The number of carboxylic acid groups (broad SMARTS) is 2. The average Bonchev–Trinajstić information content (AvgIpc) is 3.19. The number of aliphatic carboxylic acids is 2. The highest BCUT2D eigenvalue weighted by Gasteiger charge is 2.38. The topological polar surface area (TPSA) is 114 Å². The molecule has 2 aromatic rings. The molecular weight excluding hydrogens is 528 g/mol. The predicted molar refractivity (Wildman–Crippen MR) is 119 cm³/mol. The van der Waals surface area contributed by atoms with Gasteiger partial charge in [0.05, 0.1) is 12.7 Å². The van der Waals surface area contributed by atoms with Crippen LogP contribution in [-0.2, 0) is 27.4 Å². The summed E-state index contributed by atoms with van der Waals surface area (Å²) in [4.78, 5) is 24.5. The zero-order chi connectivity index (χ0) is 28.3. The third-order valence-corrected chi connectivity index (χ3v) is 5.45. The monoisotopic (exact) mass is 555 g/mol. The first-order valence-electron chi connectivity index (χ1n) is 11.4. The predicted octanol–water partition coefficient (Wildman–Crippen LogP) is 3.84. The first-order valence-corrected chi connectivity index (χ1v) is 11.4. The summed E-state index contributed by atoms with van der Waals surface area (Å²) in [6.07, 6.45) is -1.95. The molecule has 0 aliphatic carbocycles. The van der Waals surface area contributed by atoms with E-state index in [1.54, 1.807) is 12.4 Å². The number of hydrogen-bond acceptors (Lipinski definition) is 6. The molecule has 0 amide bonds. The molecule has 9 nitrogen and oxygen atoms in total. The summed E-state index contributed by atoms with van der Waals surface area (Å²) in [6.45, 7) is 5.78. The van der Waals surface area contributed by atoms with Gasteiger partial charge >= 0.3 is 24.3 Å². The Morgan fingerprint density at radius 3 is 2.13 bits per heavy atom. The maximum absolute atomic E-state index is 10.6. The van der Waals surface area contributed by atoms with Crippen LogP contribution in [0.3, 0.4) is 0 Å². The lowest BCUT2D eigenvalue weighted by Crippen LogP contribution is -2.38. The van der Waals surface area contributed by atoms with E-state index in [-0.39, 0.29) is 6.10 Å². The van der Waals surface area contributed by atoms with Crippen LogP contribution in [0.4, 0.5) is 26.3 Å². The van der Waals surface area contributed by atoms with Gasteiger partial charge in [0.1, 0.15) is 11.9 Å². The number of aromatic nitrogens is 2. The summed E-state index contributed by atoms with van der Waals surface area (Å²) >= 11 is 0. The third kappa shape index (κ3) is 11.0. The minimum Gasteiger partial charge on any atom is -0.486 e. The Hall–Kier alpha value is -3.33. The summed E-state index contributed by atoms with van der Waals surface area (Å²) < 4.78 is 77.5. The molecule has 2 aromatic heterocycles. The zero-order valence-electron chi connectivity index (χ0n) is 20.0. The fourth-order valence-electron chi connectivity index (χ4n) is 3.75. The van der Waals surface area contributed by atoms with Crippen molar-refractivity contribution in [3.8, 4) is 5.75 Å². The van der Waals surface area contributed by atoms with Crippen LogP contribution in [-0.4, -0.2) is 81.4 Å². The van der Waals surface area contributed by atoms with Crippen LogP contribution in [0, 0.1) is 5.92 Å². The van der Waals surface area contributed by atoms with Gasteiger partial charge in [-0.15, -0.1) is 0 Å². The van der Waals surface area contributed by atoms with E-state index in [4.69, 9.17) is 29.3 Å². The Labute approximate surface area is 213 Å². The Morgan fingerprint density at radius 2 is 1.61 bits per heavy atom. The normalized spacial score (nSPS) is 18.5. The molecule has 1 fully saturated rings. The largest absolute Gasteiger partial charge is 0.490 e. The van der Waals surface area contributed by atoms with Crippen molar-refractivity contribution < 1.29 is 55.6 Å². The summed E-state index contributed by atoms with van der Waals surface area (Å²) in [5.74, 6) is -3.93. The second-order valence-corrected chi connectivity index (χ2v) is 8.44. The van der Waals surface area contributed by atoms with E-state index < -0.39 is 24.3 Å². The van der Waals surface area contributed by atoms with Gasteiger partial charge in [-0.25, -0.2) is 9.59 Å². The van der Waals surface area contributed by atoms with Gasteiger partial charge in [0.2, 0.25) is 0 Å². The summed E-state index contributed by atoms with van der Waals surface area (Å²) in [5, 5.41) is 14.2. The van der Waals surface area contributed by atoms with E-state index in [0.29, 0.717) is 0 Å². The van der Waals surface area contributed by atoms with E-state index in [0.717, 1.165) is 51.1 Å². The van der Waals surface area contributed by atoms with Gasteiger partial charge in [-0.3, -0.25) is 9.88 Å². The Bertz CT molecular complexity index is 985. The van der Waals surface area contributed by atoms with E-state index in [9.17, 15) is 26.3 Å². The van der Waals surface area contributed by atoms with Crippen molar-refractivity contribution >= 4 is 11.9 Å². The van der Waals surface area contributed by atoms with Crippen molar-refractivity contribution in [1.29, 1.82) is 0 Å². The zero-order valence-corrected chi connectivity index (χ0v) is 20.0. The highest BCUT2D eigenvalue weighted by atomic mass is 19.4. The standard InChI is InChI=1S/C19H25N3O2.2C2HF3O2/c1-4-18(11-20-7-1)24-19-14-21(12-16-5-9-23-10-6-16)13-17-3-2-8-22(17)15-19;2*3-2(4,5)1(6)7/h1-4,7-8,11,16,19H,5-6,9-10,12-15H2;2*(H,6,7). The van der Waals surface area contributed by atoms with Crippen molar-refractivity contribution in [3.05, 3.63) is 48.5 Å². The molecule has 1 saturated heterocycles. The highest BCUT2D eigenvalue weighted by Crippen LogP contribution is 2.22. The second-order valence-electron chi connectivity index (χ2n) is 8.44. The number of hydrogen-bond donors (Lipinski definition) is 2. The first-order chi connectivity index (χ1) is 17.8. The maximum atomic E-state index is 10.6. The van der Waals surface area contributed by atoms with Crippen LogP contribution in [0.5, 0.6) is 5.75 Å². The minimum absolute atomic E-state index is 0.141. The van der Waals surface area contributed by atoms with Crippen LogP contribution in [0.1, 0.15) is 18.5 Å². The Balaban J connectivity index is 0.000000301. The lowest BCUT2D eigenvalue weighted by atomic mass is 9.99. The van der Waals surface area contributed by atoms with Gasteiger partial charge in [-0.05, 0) is 43.0 Å². The third-order valence-electron chi connectivity index (χ3n) is 5.45. The molecule has 0 saturated carbocycles. The van der Waals surface area contributed by atoms with Gasteiger partial charge in [0.15, 0.2) is 0 Å². The van der Waals surface area contributed by atoms with Crippen molar-refractivity contribution in [3.63, 3.8) is 0 Å². The van der Waals surface area contributed by atoms with Gasteiger partial charge in [-0.2, -0.15) is 26.3 Å². The molecule has 1 unspecified atom stereocenters. The molecule has 0 aromatic carbocycles. The minimum atomic E-state index is -5.08. The maximum Gasteiger partial charge on any atom is 0.490 e. The SMILES string of the molecule is O=C(O)C(F)(F)F.O=C(O)C(F)(F)F.c1cncc(OC2CN(CC3CCOCC3)Cc3cccn3C2)c1. The molecular formula is C23H27F6N3O6. The van der Waals surface area contributed by atoms with Gasteiger partial charge < -0.3 is 24.3 Å². The molecule has 1 atom stereocenters. The van der Waals surface area contributed by atoms with Crippen LogP contribution >= 0.6 is 0 Å². The number of rotatable bonds is 4. The fourth-order valence-corrected chi connectivity index (χ4v) is 3.75. The number of carbonyl (C=O) groups is 2. The van der Waals surface area contributed by atoms with E-state index in [2.05, 4.69) is 32.8 Å². The lowest BCUT2D eigenvalue weighted by Gasteiger charge is -2.30. The average molecular weight is 555 g/mol. The van der Waals surface area contributed by atoms with Gasteiger partial charge in [0, 0.05) is 50.9 Å². The Morgan fingerprint density at radius 1 is 1.00 bits per heavy atom. The Kier molecular flexibility index (Phi) is 11.4. The molecule has 0 spiro atoms. The summed E-state index contributed by atoms with van der Waals surface area (Å²) in [6, 6.07) is 8.27. The number of pyridine rings is 1. The van der Waals surface area contributed by atoms with E-state index in [1.165, 1.54) is 18.5 Å². The van der Waals surface area contributed by atoms with Gasteiger partial charge in [0.25, 0.3) is 0 Å². The van der Waals surface area contributed by atoms with Gasteiger partial charge in [-0.1, -0.05) is 0 Å². The summed E-state index contributed by atoms with van der Waals surface area (Å²) in [7, 11) is 0. The number of ether oxygens (including phenoxy) is 2. The summed E-state index contributed by atoms with van der Waals surface area (Å²) in [5.41, 5.74) is 1.37. The molecule has 4 rings (SSSR count).